The Morgan fingerprint density at radius 3 is 2.73 bits per heavy atom. The van der Waals surface area contributed by atoms with E-state index < -0.39 is 0 Å². The largest absolute Gasteiger partial charge is 0.496 e. The molecule has 1 saturated heterocycles. The molecule has 0 aliphatic carbocycles. The zero-order valence-corrected chi connectivity index (χ0v) is 18.7. The van der Waals surface area contributed by atoms with E-state index in [4.69, 9.17) is 4.74 Å². The number of benzene rings is 2. The maximum Gasteiger partial charge on any atom is 0.347 e. The molecule has 2 N–H and O–H groups in total. The van der Waals surface area contributed by atoms with Crippen LogP contribution < -0.4 is 21.1 Å². The van der Waals surface area contributed by atoms with Gasteiger partial charge in [0.25, 0.3) is 0 Å². The number of aromatic nitrogens is 2. The van der Waals surface area contributed by atoms with Crippen molar-refractivity contribution in [1.29, 1.82) is 0 Å². The summed E-state index contributed by atoms with van der Waals surface area (Å²) >= 11 is 0. The Labute approximate surface area is 193 Å². The summed E-state index contributed by atoms with van der Waals surface area (Å²) in [6.45, 7) is 2.86. The Morgan fingerprint density at radius 2 is 1.94 bits per heavy atom. The number of carbonyl (C=O) groups is 1. The summed E-state index contributed by atoms with van der Waals surface area (Å²) in [5.41, 5.74) is 2.33. The molecule has 8 heteroatoms. The number of nitrogens with one attached hydrogen (secondary N) is 2. The first-order valence-electron chi connectivity index (χ1n) is 11.2. The van der Waals surface area contributed by atoms with Crippen molar-refractivity contribution >= 4 is 11.7 Å². The van der Waals surface area contributed by atoms with E-state index in [2.05, 4.69) is 26.6 Å². The van der Waals surface area contributed by atoms with E-state index in [-0.39, 0.29) is 17.8 Å². The van der Waals surface area contributed by atoms with E-state index in [1.54, 1.807) is 19.4 Å². The molecule has 172 valence electrons. The fourth-order valence-corrected chi connectivity index (χ4v) is 4.25. The second-order valence-corrected chi connectivity index (χ2v) is 8.07. The third kappa shape index (κ3) is 5.78. The molecule has 4 rings (SSSR count). The lowest BCUT2D eigenvalue weighted by Crippen LogP contribution is -2.38. The molecule has 0 saturated carbocycles. The molecule has 1 aliphatic rings. The summed E-state index contributed by atoms with van der Waals surface area (Å²) in [7, 11) is 1.67. The molecule has 1 aromatic heterocycles. The fourth-order valence-electron chi connectivity index (χ4n) is 4.25. The first-order chi connectivity index (χ1) is 16.1. The monoisotopic (exact) mass is 447 g/mol. The van der Waals surface area contributed by atoms with Crippen molar-refractivity contribution < 1.29 is 9.53 Å². The average Bonchev–Trinajstić information content (AvgIpc) is 3.36. The Hall–Kier alpha value is -3.65. The van der Waals surface area contributed by atoms with Crippen LogP contribution in [0.3, 0.4) is 0 Å². The van der Waals surface area contributed by atoms with Gasteiger partial charge in [-0.2, -0.15) is 0 Å². The lowest BCUT2D eigenvalue weighted by Gasteiger charge is -2.29. The lowest BCUT2D eigenvalue weighted by molar-refractivity contribution is 0.224. The van der Waals surface area contributed by atoms with Crippen LogP contribution in [0.2, 0.25) is 0 Å². The highest BCUT2D eigenvalue weighted by Gasteiger charge is 2.26. The van der Waals surface area contributed by atoms with Crippen LogP contribution in [0.1, 0.15) is 30.0 Å². The SMILES string of the molecule is COc1ccccc1[C@H](CNC(=O)Nc1cccc(Cn2cccnc2=O)c1)N1CCCC1. The molecule has 2 heterocycles. The fraction of sp³-hybridized carbons (Fsp3) is 0.320. The Morgan fingerprint density at radius 1 is 1.12 bits per heavy atom. The lowest BCUT2D eigenvalue weighted by atomic mass is 10.0. The highest BCUT2D eigenvalue weighted by atomic mass is 16.5. The van der Waals surface area contributed by atoms with Gasteiger partial charge < -0.3 is 15.4 Å². The van der Waals surface area contributed by atoms with Gasteiger partial charge in [0.2, 0.25) is 0 Å². The first-order valence-corrected chi connectivity index (χ1v) is 11.2. The van der Waals surface area contributed by atoms with Gasteiger partial charge in [0.05, 0.1) is 19.7 Å². The minimum absolute atomic E-state index is 0.0400. The third-order valence-corrected chi connectivity index (χ3v) is 5.86. The van der Waals surface area contributed by atoms with Crippen LogP contribution in [-0.2, 0) is 6.54 Å². The molecule has 33 heavy (non-hydrogen) atoms. The van der Waals surface area contributed by atoms with Crippen molar-refractivity contribution in [2.45, 2.75) is 25.4 Å². The van der Waals surface area contributed by atoms with Crippen molar-refractivity contribution in [1.82, 2.24) is 19.8 Å². The highest BCUT2D eigenvalue weighted by Crippen LogP contribution is 2.31. The number of hydrogen-bond donors (Lipinski definition) is 2. The maximum atomic E-state index is 12.7. The van der Waals surface area contributed by atoms with Gasteiger partial charge in [0.15, 0.2) is 0 Å². The quantitative estimate of drug-likeness (QED) is 0.553. The van der Waals surface area contributed by atoms with Crippen molar-refractivity contribution in [3.05, 3.63) is 88.6 Å². The number of carbonyl (C=O) groups excluding carboxylic acids is 1. The van der Waals surface area contributed by atoms with Crippen LogP contribution in [0.5, 0.6) is 5.75 Å². The number of rotatable bonds is 8. The van der Waals surface area contributed by atoms with Crippen LogP contribution >= 0.6 is 0 Å². The number of para-hydroxylation sites is 1. The number of hydrogen-bond acceptors (Lipinski definition) is 5. The first kappa shape index (κ1) is 22.5. The topological polar surface area (TPSA) is 88.5 Å². The number of urea groups is 1. The summed E-state index contributed by atoms with van der Waals surface area (Å²) in [6.07, 6.45) is 5.48. The molecule has 1 atom stereocenters. The summed E-state index contributed by atoms with van der Waals surface area (Å²) in [6, 6.07) is 16.9. The smallest absolute Gasteiger partial charge is 0.347 e. The second kappa shape index (κ2) is 10.8. The Bertz CT molecular complexity index is 1140. The molecule has 1 aliphatic heterocycles. The van der Waals surface area contributed by atoms with Crippen molar-refractivity contribution in [2.75, 3.05) is 32.1 Å². The molecule has 2 amide bonds. The molecule has 0 bridgehead atoms. The predicted octanol–water partition coefficient (Wildman–Crippen LogP) is 3.26. The molecule has 8 nitrogen and oxygen atoms in total. The zero-order chi connectivity index (χ0) is 23.0. The van der Waals surface area contributed by atoms with E-state index in [9.17, 15) is 9.59 Å². The minimum Gasteiger partial charge on any atom is -0.496 e. The van der Waals surface area contributed by atoms with Gasteiger partial charge >= 0.3 is 11.7 Å². The minimum atomic E-state index is -0.308. The summed E-state index contributed by atoms with van der Waals surface area (Å²) < 4.78 is 7.10. The maximum absolute atomic E-state index is 12.7. The van der Waals surface area contributed by atoms with E-state index in [1.807, 2.05) is 42.5 Å². The Balaban J connectivity index is 1.41. The van der Waals surface area contributed by atoms with Gasteiger partial charge in [-0.15, -0.1) is 0 Å². The molecular weight excluding hydrogens is 418 g/mol. The molecule has 3 aromatic rings. The molecule has 2 aromatic carbocycles. The van der Waals surface area contributed by atoms with Crippen molar-refractivity contribution in [2.24, 2.45) is 0 Å². The zero-order valence-electron chi connectivity index (χ0n) is 18.7. The van der Waals surface area contributed by atoms with Crippen LogP contribution in [0.4, 0.5) is 10.5 Å². The number of nitrogens with zero attached hydrogens (tertiary/aromatic N) is 3. The summed E-state index contributed by atoms with van der Waals surface area (Å²) in [5.74, 6) is 0.829. The number of amides is 2. The number of methoxy groups -OCH3 is 1. The van der Waals surface area contributed by atoms with E-state index in [1.165, 1.54) is 10.8 Å². The van der Waals surface area contributed by atoms with Crippen molar-refractivity contribution in [3.63, 3.8) is 0 Å². The second-order valence-electron chi connectivity index (χ2n) is 8.07. The normalized spacial score (nSPS) is 14.6. The number of likely N-dealkylation sites (tertiary alicyclic amines) is 1. The van der Waals surface area contributed by atoms with Gasteiger partial charge in [-0.3, -0.25) is 9.47 Å². The van der Waals surface area contributed by atoms with Crippen LogP contribution in [0.15, 0.2) is 71.8 Å². The molecule has 0 unspecified atom stereocenters. The predicted molar refractivity (Wildman–Crippen MR) is 128 cm³/mol. The van der Waals surface area contributed by atoms with Gasteiger partial charge in [-0.1, -0.05) is 30.3 Å². The van der Waals surface area contributed by atoms with Gasteiger partial charge in [0.1, 0.15) is 5.75 Å². The number of anilines is 1. The van der Waals surface area contributed by atoms with Crippen LogP contribution in [-0.4, -0.2) is 47.2 Å². The molecule has 0 radical (unpaired) electrons. The Kier molecular flexibility index (Phi) is 7.36. The van der Waals surface area contributed by atoms with Gasteiger partial charge in [-0.25, -0.2) is 14.6 Å². The van der Waals surface area contributed by atoms with Crippen LogP contribution in [0.25, 0.3) is 0 Å². The molecule has 0 spiro atoms. The van der Waals surface area contributed by atoms with Crippen molar-refractivity contribution in [3.8, 4) is 5.75 Å². The molecular formula is C25H29N5O3. The van der Waals surface area contributed by atoms with Gasteiger partial charge in [-0.05, 0) is 55.8 Å². The van der Waals surface area contributed by atoms with Gasteiger partial charge in [0, 0.05) is 30.2 Å². The highest BCUT2D eigenvalue weighted by molar-refractivity contribution is 5.89. The average molecular weight is 448 g/mol. The van der Waals surface area contributed by atoms with Crippen LogP contribution in [0, 0.1) is 0 Å². The van der Waals surface area contributed by atoms with E-state index in [0.29, 0.717) is 18.8 Å². The standard InChI is InChI=1S/C25H29N5O3/c1-33-23-11-3-2-10-21(23)22(29-13-4-5-14-29)17-27-24(31)28-20-9-6-8-19(16-20)18-30-15-7-12-26-25(30)32/h2-3,6-12,15-16,22H,4-5,13-14,17-18H2,1H3,(H2,27,28,31)/t22-/m0/s1. The summed E-state index contributed by atoms with van der Waals surface area (Å²) in [4.78, 5) is 30.7. The third-order valence-electron chi connectivity index (χ3n) is 5.86. The van der Waals surface area contributed by atoms with E-state index in [0.717, 1.165) is 42.8 Å². The van der Waals surface area contributed by atoms with E-state index >= 15 is 0 Å². The number of ether oxygens (including phenoxy) is 1. The molecule has 1 fully saturated rings. The summed E-state index contributed by atoms with van der Waals surface area (Å²) in [5, 5.41) is 5.93.